The minimum Gasteiger partial charge on any atom is -0.489 e. The highest BCUT2D eigenvalue weighted by atomic mass is 35.5. The summed E-state index contributed by atoms with van der Waals surface area (Å²) in [6, 6.07) is 19.5. The van der Waals surface area contributed by atoms with Crippen LogP contribution in [-0.4, -0.2) is 52.1 Å². The number of likely N-dealkylation sites (tertiary alicyclic amines) is 1. The number of fused-ring (bicyclic) bond motifs is 1. The summed E-state index contributed by atoms with van der Waals surface area (Å²) < 4.78 is 7.69. The van der Waals surface area contributed by atoms with Crippen molar-refractivity contribution < 1.29 is 14.3 Å². The van der Waals surface area contributed by atoms with Gasteiger partial charge in [-0.05, 0) is 107 Å². The first-order valence-corrected chi connectivity index (χ1v) is 15.3. The van der Waals surface area contributed by atoms with Crippen LogP contribution in [0.1, 0.15) is 67.9 Å². The maximum atomic E-state index is 11.5. The highest BCUT2D eigenvalue weighted by Crippen LogP contribution is 2.32. The minimum absolute atomic E-state index is 0.298. The maximum absolute atomic E-state index is 11.5. The van der Waals surface area contributed by atoms with Gasteiger partial charge in [-0.15, -0.1) is 0 Å². The highest BCUT2D eigenvalue weighted by Gasteiger charge is 2.24. The molecule has 2 heterocycles. The number of carbonyl (C=O) groups is 2. The van der Waals surface area contributed by atoms with E-state index < -0.39 is 11.7 Å². The average molecular weight is 587 g/mol. The molecule has 1 aliphatic heterocycles. The molecule has 8 heteroatoms. The summed E-state index contributed by atoms with van der Waals surface area (Å²) in [6.45, 7) is 7.96. The molecule has 1 saturated carbocycles. The second-order valence-corrected chi connectivity index (χ2v) is 11.9. The number of ketones is 1. The number of benzene rings is 3. The topological polar surface area (TPSA) is 90.5 Å². The van der Waals surface area contributed by atoms with Crippen LogP contribution in [0.25, 0.3) is 22.0 Å². The molecule has 0 unspecified atom stereocenters. The van der Waals surface area contributed by atoms with Gasteiger partial charge in [0, 0.05) is 23.2 Å². The Morgan fingerprint density at radius 3 is 2.36 bits per heavy atom. The van der Waals surface area contributed by atoms with Crippen molar-refractivity contribution in [2.75, 3.05) is 19.6 Å². The SMILES string of the molecule is CC(C)n1cc2ccc(-c3ccc(C(=O)C(N)=O)cc3)cc2n1.Clc1cc(CCCN2CCCC2)ccc1OC1CC1. The van der Waals surface area contributed by atoms with E-state index >= 15 is 0 Å². The smallest absolute Gasteiger partial charge is 0.289 e. The van der Waals surface area contributed by atoms with Gasteiger partial charge in [0.15, 0.2) is 0 Å². The van der Waals surface area contributed by atoms with Gasteiger partial charge in [-0.1, -0.05) is 54.1 Å². The van der Waals surface area contributed by atoms with Crippen molar-refractivity contribution in [1.29, 1.82) is 0 Å². The zero-order valence-corrected chi connectivity index (χ0v) is 25.1. The largest absolute Gasteiger partial charge is 0.489 e. The van der Waals surface area contributed by atoms with Gasteiger partial charge < -0.3 is 15.4 Å². The minimum atomic E-state index is -0.946. The van der Waals surface area contributed by atoms with Crippen LogP contribution in [0.4, 0.5) is 0 Å². The number of hydrogen-bond donors (Lipinski definition) is 1. The predicted molar refractivity (Wildman–Crippen MR) is 168 cm³/mol. The van der Waals surface area contributed by atoms with Gasteiger partial charge >= 0.3 is 0 Å². The van der Waals surface area contributed by atoms with Gasteiger partial charge in [-0.2, -0.15) is 5.10 Å². The average Bonchev–Trinajstić information content (AvgIpc) is 3.45. The number of rotatable bonds is 10. The number of nitrogens with two attached hydrogens (primary N) is 1. The Morgan fingerprint density at radius 1 is 1.00 bits per heavy atom. The molecule has 2 aliphatic rings. The van der Waals surface area contributed by atoms with Gasteiger partial charge in [0.05, 0.1) is 16.6 Å². The van der Waals surface area contributed by atoms with Crippen LogP contribution < -0.4 is 10.5 Å². The third-order valence-corrected chi connectivity index (χ3v) is 8.01. The second kappa shape index (κ2) is 13.5. The predicted octanol–water partition coefficient (Wildman–Crippen LogP) is 6.86. The lowest BCUT2D eigenvalue weighted by atomic mass is 10.0. The number of primary amides is 1. The maximum Gasteiger partial charge on any atom is 0.289 e. The molecule has 220 valence electrons. The Morgan fingerprint density at radius 2 is 1.71 bits per heavy atom. The zero-order chi connectivity index (χ0) is 29.6. The van der Waals surface area contributed by atoms with Gasteiger partial charge in [-0.3, -0.25) is 14.3 Å². The van der Waals surface area contributed by atoms with E-state index in [1.54, 1.807) is 24.3 Å². The lowest BCUT2D eigenvalue weighted by Gasteiger charge is -2.14. The van der Waals surface area contributed by atoms with E-state index in [2.05, 4.69) is 36.0 Å². The number of ether oxygens (including phenoxy) is 1. The number of hydrogen-bond acceptors (Lipinski definition) is 5. The number of aryl methyl sites for hydroxylation is 1. The molecule has 1 aromatic heterocycles. The van der Waals surface area contributed by atoms with E-state index in [0.29, 0.717) is 17.7 Å². The Balaban J connectivity index is 0.000000171. The standard InChI is InChI=1S/C18H17N3O2.C16H22ClNO/c1-11(2)21-10-15-8-7-14(9-16(15)20-21)12-3-5-13(6-4-12)17(22)18(19)23;17-15-12-13(4-3-11-18-9-1-2-10-18)5-8-16(15)19-14-6-7-14/h3-11H,1-2H3,(H2,19,23);5,8,12,14H,1-4,6-7,9-11H2. The summed E-state index contributed by atoms with van der Waals surface area (Å²) in [5.41, 5.74) is 9.51. The third kappa shape index (κ3) is 7.78. The van der Waals surface area contributed by atoms with Crippen LogP contribution in [0.5, 0.6) is 5.75 Å². The van der Waals surface area contributed by atoms with Gasteiger partial charge in [-0.25, -0.2) is 0 Å². The number of amides is 1. The Hall–Kier alpha value is -3.68. The number of Topliss-reactive ketones (excluding diaryl/α,β-unsaturated/α-hetero) is 1. The monoisotopic (exact) mass is 586 g/mol. The van der Waals surface area contributed by atoms with Crippen molar-refractivity contribution in [3.05, 3.63) is 83.0 Å². The quantitative estimate of drug-likeness (QED) is 0.162. The van der Waals surface area contributed by atoms with Crippen LogP contribution in [0.2, 0.25) is 5.02 Å². The normalized spacial score (nSPS) is 15.0. The fourth-order valence-corrected chi connectivity index (χ4v) is 5.36. The summed E-state index contributed by atoms with van der Waals surface area (Å²) in [5, 5.41) is 6.42. The van der Waals surface area contributed by atoms with Gasteiger partial charge in [0.25, 0.3) is 5.91 Å². The molecule has 2 N–H and O–H groups in total. The zero-order valence-electron chi connectivity index (χ0n) is 24.4. The van der Waals surface area contributed by atoms with Crippen molar-refractivity contribution >= 4 is 34.2 Å². The number of halogens is 1. The van der Waals surface area contributed by atoms with E-state index in [-0.39, 0.29) is 0 Å². The lowest BCUT2D eigenvalue weighted by Crippen LogP contribution is -2.22. The third-order valence-electron chi connectivity index (χ3n) is 7.71. The van der Waals surface area contributed by atoms with E-state index in [9.17, 15) is 9.59 Å². The molecule has 7 nitrogen and oxygen atoms in total. The molecule has 0 radical (unpaired) electrons. The van der Waals surface area contributed by atoms with Crippen molar-refractivity contribution in [2.24, 2.45) is 5.73 Å². The summed E-state index contributed by atoms with van der Waals surface area (Å²) in [4.78, 5) is 25.0. The Labute approximate surface area is 252 Å². The molecule has 1 saturated heterocycles. The molecule has 0 spiro atoms. The van der Waals surface area contributed by atoms with Gasteiger partial charge in [0.1, 0.15) is 5.75 Å². The first kappa shape index (κ1) is 29.8. The molecule has 1 aliphatic carbocycles. The van der Waals surface area contributed by atoms with E-state index in [4.69, 9.17) is 22.1 Å². The fraction of sp³-hybridized carbons (Fsp3) is 0.382. The van der Waals surface area contributed by atoms with E-state index in [1.165, 1.54) is 57.3 Å². The summed E-state index contributed by atoms with van der Waals surface area (Å²) in [5.74, 6) is -0.770. The molecule has 2 fully saturated rings. The van der Waals surface area contributed by atoms with Crippen LogP contribution in [0, 0.1) is 0 Å². The van der Waals surface area contributed by atoms with E-state index in [1.807, 2.05) is 35.1 Å². The van der Waals surface area contributed by atoms with Crippen molar-refractivity contribution in [3.8, 4) is 16.9 Å². The summed E-state index contributed by atoms with van der Waals surface area (Å²) in [6.07, 6.45) is 9.87. The molecule has 4 aromatic rings. The number of aromatic nitrogens is 2. The summed E-state index contributed by atoms with van der Waals surface area (Å²) in [7, 11) is 0. The molecule has 1 amide bonds. The highest BCUT2D eigenvalue weighted by molar-refractivity contribution is 6.42. The Kier molecular flexibility index (Phi) is 9.60. The van der Waals surface area contributed by atoms with Crippen LogP contribution in [-0.2, 0) is 11.2 Å². The summed E-state index contributed by atoms with van der Waals surface area (Å²) >= 11 is 6.27. The van der Waals surface area contributed by atoms with Gasteiger partial charge in [0.2, 0.25) is 5.78 Å². The fourth-order valence-electron chi connectivity index (χ4n) is 5.11. The number of nitrogens with zero attached hydrogens (tertiary/aromatic N) is 3. The molecule has 3 aromatic carbocycles. The molecule has 0 bridgehead atoms. The van der Waals surface area contributed by atoms with Crippen molar-refractivity contribution in [1.82, 2.24) is 14.7 Å². The molecule has 0 atom stereocenters. The molecule has 42 heavy (non-hydrogen) atoms. The van der Waals surface area contributed by atoms with Crippen LogP contribution >= 0.6 is 11.6 Å². The molecular weight excluding hydrogens is 548 g/mol. The Bertz CT molecular complexity index is 1540. The van der Waals surface area contributed by atoms with Crippen LogP contribution in [0.15, 0.2) is 66.9 Å². The first-order chi connectivity index (χ1) is 20.3. The molecular formula is C34H39ClN4O3. The number of carbonyl (C=O) groups excluding carboxylic acids is 2. The molecule has 6 rings (SSSR count). The van der Waals surface area contributed by atoms with Crippen LogP contribution in [0.3, 0.4) is 0 Å². The van der Waals surface area contributed by atoms with Crippen molar-refractivity contribution in [3.63, 3.8) is 0 Å². The second-order valence-electron chi connectivity index (χ2n) is 11.5. The first-order valence-electron chi connectivity index (χ1n) is 14.9. The lowest BCUT2D eigenvalue weighted by molar-refractivity contribution is -0.114. The van der Waals surface area contributed by atoms with E-state index in [0.717, 1.165) is 39.2 Å². The van der Waals surface area contributed by atoms with Crippen molar-refractivity contribution in [2.45, 2.75) is 64.5 Å².